The molecular formula is C46H67N3O6. The number of carbonyl (C=O) groups excluding carboxylic acids is 1. The summed E-state index contributed by atoms with van der Waals surface area (Å²) in [5.74, 6) is -0.922. The van der Waals surface area contributed by atoms with Crippen LogP contribution >= 0.6 is 0 Å². The zero-order valence-electron chi connectivity index (χ0n) is 33.5. The van der Waals surface area contributed by atoms with Crippen LogP contribution in [0.25, 0.3) is 0 Å². The number of nitrogens with one attached hydrogen (secondary N) is 3. The van der Waals surface area contributed by atoms with Gasteiger partial charge in [-0.05, 0) is 144 Å². The maximum Gasteiger partial charge on any atom is 0.145 e. The lowest BCUT2D eigenvalue weighted by molar-refractivity contribution is -0.194. The van der Waals surface area contributed by atoms with Crippen LogP contribution < -0.4 is 16.0 Å². The molecule has 5 rings (SSSR count). The lowest BCUT2D eigenvalue weighted by Gasteiger charge is -2.61. The first kappa shape index (κ1) is 43.1. The SMILES string of the molecule is C=C(C=CC=C(CO)C1CCC2(C1O)C1C(=C(C)C=O)C(C=CC1CCO)CC2(O)CCNC)C1CC=C(C)C(O)NC(CCNC)Cc2cccc(c2)C1. The zero-order chi connectivity index (χ0) is 39.8. The Morgan fingerprint density at radius 2 is 1.82 bits per heavy atom. The number of hydrogen-bond donors (Lipinski definition) is 8. The maximum absolute atomic E-state index is 12.8. The fourth-order valence-electron chi connectivity index (χ4n) is 10.5. The van der Waals surface area contributed by atoms with E-state index in [0.717, 1.165) is 48.8 Å². The molecule has 1 aliphatic heterocycles. The van der Waals surface area contributed by atoms with Crippen molar-refractivity contribution in [2.75, 3.05) is 40.4 Å². The van der Waals surface area contributed by atoms with E-state index in [1.165, 1.54) is 11.1 Å². The van der Waals surface area contributed by atoms with Gasteiger partial charge in [-0.1, -0.05) is 78.4 Å². The Morgan fingerprint density at radius 3 is 2.51 bits per heavy atom. The fraction of sp³-hybridized carbons (Fsp3) is 0.587. The summed E-state index contributed by atoms with van der Waals surface area (Å²) in [5.41, 5.74) is 4.36. The molecule has 10 atom stereocenters. The third-order valence-corrected chi connectivity index (χ3v) is 13.4. The number of hydrogen-bond acceptors (Lipinski definition) is 9. The summed E-state index contributed by atoms with van der Waals surface area (Å²) in [6, 6.07) is 8.82. The van der Waals surface area contributed by atoms with Crippen LogP contribution in [0, 0.1) is 35.0 Å². The van der Waals surface area contributed by atoms with Crippen LogP contribution in [0.3, 0.4) is 0 Å². The Hall–Kier alpha value is -2.99. The molecule has 0 aromatic heterocycles. The molecule has 4 bridgehead atoms. The first-order valence-corrected chi connectivity index (χ1v) is 20.5. The van der Waals surface area contributed by atoms with Gasteiger partial charge in [-0.15, -0.1) is 0 Å². The van der Waals surface area contributed by atoms with Crippen LogP contribution in [-0.4, -0.2) is 96.2 Å². The minimum absolute atomic E-state index is 0.0404. The number of aliphatic hydroxyl groups is 5. The molecule has 9 nitrogen and oxygen atoms in total. The monoisotopic (exact) mass is 758 g/mol. The number of aliphatic hydroxyl groups excluding tert-OH is 4. The quantitative estimate of drug-likeness (QED) is 0.0595. The molecule has 10 unspecified atom stereocenters. The highest BCUT2D eigenvalue weighted by molar-refractivity contribution is 5.74. The summed E-state index contributed by atoms with van der Waals surface area (Å²) in [6.45, 7) is 9.41. The Labute approximate surface area is 329 Å². The Bertz CT molecular complexity index is 1650. The predicted octanol–water partition coefficient (Wildman–Crippen LogP) is 4.47. The molecule has 1 spiro atoms. The van der Waals surface area contributed by atoms with Crippen LogP contribution in [-0.2, 0) is 17.6 Å². The summed E-state index contributed by atoms with van der Waals surface area (Å²) in [7, 11) is 3.80. The van der Waals surface area contributed by atoms with E-state index in [9.17, 15) is 30.3 Å². The molecule has 4 aliphatic rings. The van der Waals surface area contributed by atoms with Gasteiger partial charge in [-0.2, -0.15) is 0 Å². The van der Waals surface area contributed by atoms with Crippen LogP contribution in [0.5, 0.6) is 0 Å². The van der Waals surface area contributed by atoms with Crippen LogP contribution in [0.1, 0.15) is 69.9 Å². The standard InChI is InChI=1S/C46H67N3O6/c1-30(36-13-12-31(2)44(54)49-39(17-21-47-4)26-34-10-7-9-33(24-34)25-36)8-6-11-38(29-52)40-16-19-46(43(40)53)42-35(18-23-50)14-15-37(41(42)32(3)28-51)27-45(46,55)20-22-48-5/h6-12,14-15,24,28,35-37,39-40,42-44,47-50,52-55H,1,13,16-23,25-27,29H2,2-5H3. The van der Waals surface area contributed by atoms with Gasteiger partial charge in [0, 0.05) is 29.9 Å². The minimum atomic E-state index is -1.23. The Balaban J connectivity index is 1.43. The van der Waals surface area contributed by atoms with E-state index in [2.05, 4.69) is 65.0 Å². The van der Waals surface area contributed by atoms with Crippen molar-refractivity contribution in [2.24, 2.45) is 35.0 Å². The van der Waals surface area contributed by atoms with Gasteiger partial charge in [-0.25, -0.2) is 0 Å². The number of allylic oxidation sites excluding steroid dienone is 9. The smallest absolute Gasteiger partial charge is 0.145 e. The molecule has 9 heteroatoms. The van der Waals surface area contributed by atoms with E-state index in [4.69, 9.17) is 0 Å². The van der Waals surface area contributed by atoms with E-state index in [0.29, 0.717) is 56.2 Å². The van der Waals surface area contributed by atoms with Crippen molar-refractivity contribution in [2.45, 2.75) is 95.6 Å². The summed E-state index contributed by atoms with van der Waals surface area (Å²) >= 11 is 0. The van der Waals surface area contributed by atoms with E-state index in [1.54, 1.807) is 0 Å². The lowest BCUT2D eigenvalue weighted by atomic mass is 9.45. The first-order valence-electron chi connectivity index (χ1n) is 20.5. The van der Waals surface area contributed by atoms with Gasteiger partial charge >= 0.3 is 0 Å². The van der Waals surface area contributed by atoms with E-state index >= 15 is 0 Å². The second-order valence-corrected chi connectivity index (χ2v) is 16.7. The van der Waals surface area contributed by atoms with Crippen molar-refractivity contribution in [3.8, 4) is 0 Å². The molecule has 2 saturated carbocycles. The van der Waals surface area contributed by atoms with Gasteiger partial charge < -0.3 is 36.2 Å². The highest BCUT2D eigenvalue weighted by Gasteiger charge is 2.68. The number of fused-ring (bicyclic) bond motifs is 5. The molecule has 302 valence electrons. The second-order valence-electron chi connectivity index (χ2n) is 16.7. The van der Waals surface area contributed by atoms with Gasteiger partial charge in [0.1, 0.15) is 12.5 Å². The fourth-order valence-corrected chi connectivity index (χ4v) is 10.5. The van der Waals surface area contributed by atoms with Crippen molar-refractivity contribution < 1.29 is 30.3 Å². The largest absolute Gasteiger partial charge is 0.396 e. The molecule has 0 amide bonds. The minimum Gasteiger partial charge on any atom is -0.396 e. The summed E-state index contributed by atoms with van der Waals surface area (Å²) in [5, 5.41) is 67.2. The lowest BCUT2D eigenvalue weighted by Crippen LogP contribution is -2.65. The molecule has 0 radical (unpaired) electrons. The second kappa shape index (κ2) is 19.4. The number of carbonyl (C=O) groups is 1. The van der Waals surface area contributed by atoms with Crippen molar-refractivity contribution in [3.63, 3.8) is 0 Å². The Morgan fingerprint density at radius 1 is 1.07 bits per heavy atom. The van der Waals surface area contributed by atoms with E-state index in [-0.39, 0.29) is 42.9 Å². The van der Waals surface area contributed by atoms with Crippen molar-refractivity contribution in [1.82, 2.24) is 16.0 Å². The normalized spacial score (nSPS) is 35.0. The van der Waals surface area contributed by atoms with Gasteiger partial charge in [0.2, 0.25) is 0 Å². The molecule has 3 aliphatic carbocycles. The average Bonchev–Trinajstić information content (AvgIpc) is 3.52. The van der Waals surface area contributed by atoms with Crippen molar-refractivity contribution in [3.05, 3.63) is 106 Å². The molecule has 1 aromatic carbocycles. The van der Waals surface area contributed by atoms with Gasteiger partial charge in [0.15, 0.2) is 0 Å². The first-order chi connectivity index (χ1) is 26.5. The molecule has 55 heavy (non-hydrogen) atoms. The molecule has 2 fully saturated rings. The van der Waals surface area contributed by atoms with Crippen LogP contribution in [0.2, 0.25) is 0 Å². The maximum atomic E-state index is 12.8. The molecule has 8 N–H and O–H groups in total. The summed E-state index contributed by atoms with van der Waals surface area (Å²) in [6.07, 6.45) is 16.9. The highest BCUT2D eigenvalue weighted by Crippen LogP contribution is 2.67. The van der Waals surface area contributed by atoms with E-state index in [1.807, 2.05) is 46.2 Å². The van der Waals surface area contributed by atoms with Crippen LogP contribution in [0.4, 0.5) is 0 Å². The number of aldehydes is 1. The average molecular weight is 758 g/mol. The van der Waals surface area contributed by atoms with Crippen LogP contribution in [0.15, 0.2) is 95.2 Å². The Kier molecular flexibility index (Phi) is 15.2. The topological polar surface area (TPSA) is 154 Å². The van der Waals surface area contributed by atoms with Gasteiger partial charge in [-0.3, -0.25) is 10.1 Å². The molecular weight excluding hydrogens is 691 g/mol. The molecule has 1 heterocycles. The highest BCUT2D eigenvalue weighted by atomic mass is 16.3. The predicted molar refractivity (Wildman–Crippen MR) is 220 cm³/mol. The third-order valence-electron chi connectivity index (χ3n) is 13.4. The van der Waals surface area contributed by atoms with Crippen molar-refractivity contribution in [1.29, 1.82) is 0 Å². The number of rotatable bonds is 14. The molecule has 1 aromatic rings. The summed E-state index contributed by atoms with van der Waals surface area (Å²) in [4.78, 5) is 12.3. The molecule has 0 saturated heterocycles. The number of benzene rings is 1. The van der Waals surface area contributed by atoms with Gasteiger partial charge in [0.05, 0.1) is 18.3 Å². The zero-order valence-corrected chi connectivity index (χ0v) is 33.5. The van der Waals surface area contributed by atoms with E-state index < -0.39 is 29.3 Å². The third kappa shape index (κ3) is 9.26. The van der Waals surface area contributed by atoms with Gasteiger partial charge in [0.25, 0.3) is 0 Å². The van der Waals surface area contributed by atoms with Crippen molar-refractivity contribution >= 4 is 6.29 Å². The summed E-state index contributed by atoms with van der Waals surface area (Å²) < 4.78 is 0.